The Kier molecular flexibility index (Phi) is 5.65. The predicted molar refractivity (Wildman–Crippen MR) is 122 cm³/mol. The second-order valence-corrected chi connectivity index (χ2v) is 7.81. The third-order valence-electron chi connectivity index (χ3n) is 5.62. The zero-order valence-corrected chi connectivity index (χ0v) is 17.6. The maximum absolute atomic E-state index is 12.7. The summed E-state index contributed by atoms with van der Waals surface area (Å²) in [6.45, 7) is 1.94. The van der Waals surface area contributed by atoms with Crippen molar-refractivity contribution in [3.8, 4) is 5.75 Å². The van der Waals surface area contributed by atoms with Gasteiger partial charge < -0.3 is 19.4 Å². The molecule has 32 heavy (non-hydrogen) atoms. The molecule has 0 aliphatic carbocycles. The summed E-state index contributed by atoms with van der Waals surface area (Å²) in [5, 5.41) is 3.03. The van der Waals surface area contributed by atoms with Crippen LogP contribution in [0.15, 0.2) is 73.3 Å². The zero-order chi connectivity index (χ0) is 21.8. The standard InChI is InChI=1S/C24H24N6O2/c31-23(18-9-14-29(15-10-18)24-25-11-3-12-26-24)28-19-5-7-21(8-6-19)32-17-20-16-30-13-2-1-4-22(30)27-20/h1-8,11-13,16,18H,9-10,14-15,17H2,(H,28,31). The fourth-order valence-corrected chi connectivity index (χ4v) is 3.89. The lowest BCUT2D eigenvalue weighted by atomic mass is 9.96. The molecule has 0 saturated carbocycles. The summed E-state index contributed by atoms with van der Waals surface area (Å²) >= 11 is 0. The van der Waals surface area contributed by atoms with E-state index in [2.05, 4.69) is 25.2 Å². The van der Waals surface area contributed by atoms with Gasteiger partial charge in [0.25, 0.3) is 0 Å². The molecule has 8 nitrogen and oxygen atoms in total. The average Bonchev–Trinajstić information content (AvgIpc) is 3.27. The molecule has 1 aliphatic rings. The van der Waals surface area contributed by atoms with E-state index in [1.54, 1.807) is 18.5 Å². The van der Waals surface area contributed by atoms with E-state index >= 15 is 0 Å². The Hall–Kier alpha value is -3.94. The van der Waals surface area contributed by atoms with Crippen molar-refractivity contribution in [3.63, 3.8) is 0 Å². The molecule has 3 aromatic heterocycles. The minimum atomic E-state index is -0.0130. The molecule has 4 heterocycles. The van der Waals surface area contributed by atoms with Crippen LogP contribution in [-0.2, 0) is 11.4 Å². The molecule has 0 spiro atoms. The molecule has 1 fully saturated rings. The summed E-state index contributed by atoms with van der Waals surface area (Å²) in [6, 6.07) is 15.1. The highest BCUT2D eigenvalue weighted by Gasteiger charge is 2.26. The van der Waals surface area contributed by atoms with Crippen LogP contribution in [0, 0.1) is 5.92 Å². The normalized spacial score (nSPS) is 14.4. The van der Waals surface area contributed by atoms with Crippen molar-refractivity contribution in [1.29, 1.82) is 0 Å². The number of aromatic nitrogens is 4. The Morgan fingerprint density at radius 2 is 1.81 bits per heavy atom. The third kappa shape index (κ3) is 4.54. The number of amides is 1. The summed E-state index contributed by atoms with van der Waals surface area (Å²) in [5.41, 5.74) is 2.52. The number of ether oxygens (including phenoxy) is 1. The number of rotatable bonds is 6. The molecule has 1 amide bonds. The van der Waals surface area contributed by atoms with Gasteiger partial charge in [-0.3, -0.25) is 4.79 Å². The van der Waals surface area contributed by atoms with Gasteiger partial charge in [0, 0.05) is 49.5 Å². The minimum Gasteiger partial charge on any atom is -0.487 e. The number of anilines is 2. The van der Waals surface area contributed by atoms with E-state index in [4.69, 9.17) is 4.74 Å². The number of pyridine rings is 1. The minimum absolute atomic E-state index is 0.0130. The largest absolute Gasteiger partial charge is 0.487 e. The number of nitrogens with zero attached hydrogens (tertiary/aromatic N) is 5. The summed E-state index contributed by atoms with van der Waals surface area (Å²) in [6.07, 6.45) is 8.97. The van der Waals surface area contributed by atoms with Gasteiger partial charge in [-0.05, 0) is 55.3 Å². The van der Waals surface area contributed by atoms with E-state index in [1.807, 2.05) is 59.3 Å². The molecule has 1 aromatic carbocycles. The first-order valence-corrected chi connectivity index (χ1v) is 10.7. The molecule has 1 aliphatic heterocycles. The molecule has 4 aromatic rings. The Balaban J connectivity index is 1.11. The maximum atomic E-state index is 12.7. The van der Waals surface area contributed by atoms with Crippen molar-refractivity contribution < 1.29 is 9.53 Å². The Morgan fingerprint density at radius 1 is 1.03 bits per heavy atom. The van der Waals surface area contributed by atoms with Gasteiger partial charge in [0.1, 0.15) is 18.0 Å². The molecule has 8 heteroatoms. The van der Waals surface area contributed by atoms with Crippen LogP contribution in [0.5, 0.6) is 5.75 Å². The van der Waals surface area contributed by atoms with Gasteiger partial charge in [-0.2, -0.15) is 0 Å². The van der Waals surface area contributed by atoms with Gasteiger partial charge in [0.15, 0.2) is 0 Å². The highest BCUT2D eigenvalue weighted by Crippen LogP contribution is 2.23. The van der Waals surface area contributed by atoms with Gasteiger partial charge >= 0.3 is 0 Å². The smallest absolute Gasteiger partial charge is 0.227 e. The molecule has 1 saturated heterocycles. The monoisotopic (exact) mass is 428 g/mol. The number of hydrogen-bond acceptors (Lipinski definition) is 6. The first kappa shape index (κ1) is 20.0. The van der Waals surface area contributed by atoms with Crippen LogP contribution < -0.4 is 15.0 Å². The lowest BCUT2D eigenvalue weighted by Gasteiger charge is -2.31. The fourth-order valence-electron chi connectivity index (χ4n) is 3.89. The highest BCUT2D eigenvalue weighted by molar-refractivity contribution is 5.92. The molecule has 5 rings (SSSR count). The van der Waals surface area contributed by atoms with E-state index in [0.29, 0.717) is 6.61 Å². The van der Waals surface area contributed by atoms with Crippen molar-refractivity contribution in [1.82, 2.24) is 19.4 Å². The number of fused-ring (bicyclic) bond motifs is 1. The van der Waals surface area contributed by atoms with Crippen molar-refractivity contribution in [2.45, 2.75) is 19.4 Å². The van der Waals surface area contributed by atoms with Gasteiger partial charge in [-0.15, -0.1) is 0 Å². The lowest BCUT2D eigenvalue weighted by molar-refractivity contribution is -0.120. The molecular weight excluding hydrogens is 404 g/mol. The third-order valence-corrected chi connectivity index (χ3v) is 5.62. The number of carbonyl (C=O) groups excluding carboxylic acids is 1. The van der Waals surface area contributed by atoms with Crippen molar-refractivity contribution >= 4 is 23.2 Å². The number of carbonyl (C=O) groups is 1. The van der Waals surface area contributed by atoms with E-state index in [9.17, 15) is 4.79 Å². The molecule has 0 bridgehead atoms. The first-order valence-electron chi connectivity index (χ1n) is 10.7. The summed E-state index contributed by atoms with van der Waals surface area (Å²) in [5.74, 6) is 1.50. The van der Waals surface area contributed by atoms with Crippen LogP contribution in [0.4, 0.5) is 11.6 Å². The van der Waals surface area contributed by atoms with Crippen LogP contribution in [0.1, 0.15) is 18.5 Å². The maximum Gasteiger partial charge on any atom is 0.227 e. The molecule has 0 unspecified atom stereocenters. The topological polar surface area (TPSA) is 84.6 Å². The first-order chi connectivity index (χ1) is 15.7. The number of benzene rings is 1. The molecular formula is C24H24N6O2. The van der Waals surface area contributed by atoms with Crippen LogP contribution in [-0.4, -0.2) is 38.3 Å². The van der Waals surface area contributed by atoms with Crippen molar-refractivity contribution in [2.24, 2.45) is 5.92 Å². The average molecular weight is 428 g/mol. The fraction of sp³-hybridized carbons (Fsp3) is 0.250. The second kappa shape index (κ2) is 9.05. The van der Waals surface area contributed by atoms with E-state index in [1.165, 1.54) is 0 Å². The van der Waals surface area contributed by atoms with Gasteiger partial charge in [-0.25, -0.2) is 15.0 Å². The zero-order valence-electron chi connectivity index (χ0n) is 17.6. The molecule has 162 valence electrons. The Morgan fingerprint density at radius 3 is 2.56 bits per heavy atom. The van der Waals surface area contributed by atoms with Crippen LogP contribution in [0.2, 0.25) is 0 Å². The Labute approximate surface area is 185 Å². The van der Waals surface area contributed by atoms with Crippen LogP contribution in [0.25, 0.3) is 5.65 Å². The van der Waals surface area contributed by atoms with E-state index in [0.717, 1.165) is 54.7 Å². The van der Waals surface area contributed by atoms with Crippen molar-refractivity contribution in [3.05, 3.63) is 79.0 Å². The predicted octanol–water partition coefficient (Wildman–Crippen LogP) is 3.56. The Bertz CT molecular complexity index is 1150. The summed E-state index contributed by atoms with van der Waals surface area (Å²) < 4.78 is 7.81. The lowest BCUT2D eigenvalue weighted by Crippen LogP contribution is -2.38. The van der Waals surface area contributed by atoms with Gasteiger partial charge in [0.2, 0.25) is 11.9 Å². The second-order valence-electron chi connectivity index (χ2n) is 7.81. The van der Waals surface area contributed by atoms with Gasteiger partial charge in [0.05, 0.1) is 5.69 Å². The SMILES string of the molecule is O=C(Nc1ccc(OCc2cn3ccccc3n2)cc1)C1CCN(c2ncccn2)CC1. The summed E-state index contributed by atoms with van der Waals surface area (Å²) in [7, 11) is 0. The number of nitrogens with one attached hydrogen (secondary N) is 1. The van der Waals surface area contributed by atoms with Crippen LogP contribution in [0.3, 0.4) is 0 Å². The number of imidazole rings is 1. The van der Waals surface area contributed by atoms with E-state index in [-0.39, 0.29) is 11.8 Å². The number of hydrogen-bond donors (Lipinski definition) is 1. The van der Waals surface area contributed by atoms with Crippen LogP contribution >= 0.6 is 0 Å². The van der Waals surface area contributed by atoms with Crippen molar-refractivity contribution in [2.75, 3.05) is 23.3 Å². The molecule has 1 N–H and O–H groups in total. The molecule has 0 radical (unpaired) electrons. The summed E-state index contributed by atoms with van der Waals surface area (Å²) in [4.78, 5) is 27.9. The number of piperidine rings is 1. The van der Waals surface area contributed by atoms with E-state index < -0.39 is 0 Å². The van der Waals surface area contributed by atoms with Gasteiger partial charge in [-0.1, -0.05) is 6.07 Å². The highest BCUT2D eigenvalue weighted by atomic mass is 16.5. The quantitative estimate of drug-likeness (QED) is 0.506. The molecule has 0 atom stereocenters.